The van der Waals surface area contributed by atoms with E-state index < -0.39 is 17.5 Å². The molecule has 0 aromatic heterocycles. The third-order valence-corrected chi connectivity index (χ3v) is 1.77. The van der Waals surface area contributed by atoms with Gasteiger partial charge in [0, 0.05) is 29.6 Å². The molecule has 0 unspecified atom stereocenters. The van der Waals surface area contributed by atoms with E-state index in [1.807, 2.05) is 0 Å². The normalized spacial score (nSPS) is 14.4. The molecule has 0 atom stereocenters. The van der Waals surface area contributed by atoms with Crippen LogP contribution in [-0.4, -0.2) is 22.6 Å². The second-order valence-electron chi connectivity index (χ2n) is 3.10. The summed E-state index contributed by atoms with van der Waals surface area (Å²) in [5.41, 5.74) is 3.10. The molecule has 0 bridgehead atoms. The van der Waals surface area contributed by atoms with Crippen LogP contribution in [0.3, 0.4) is 0 Å². The van der Waals surface area contributed by atoms with Crippen LogP contribution < -0.4 is 0 Å². The summed E-state index contributed by atoms with van der Waals surface area (Å²) in [6.45, 7) is 0.726. The van der Waals surface area contributed by atoms with Gasteiger partial charge in [0.1, 0.15) is 6.61 Å². The van der Waals surface area contributed by atoms with Crippen molar-refractivity contribution in [3.63, 3.8) is 0 Å². The molecule has 17 heavy (non-hydrogen) atoms. The molecule has 6 nitrogen and oxygen atoms in total. The van der Waals surface area contributed by atoms with Crippen LogP contribution in [0, 0.1) is 16.2 Å². The molecule has 0 spiro atoms. The number of aliphatic hydroxyl groups is 1. The summed E-state index contributed by atoms with van der Waals surface area (Å²) in [5, 5.41) is 19.3. The van der Waals surface area contributed by atoms with E-state index in [1.165, 1.54) is 31.2 Å². The zero-order valence-electron chi connectivity index (χ0n) is 9.04. The average molecular weight is 236 g/mol. The van der Waals surface area contributed by atoms with Crippen molar-refractivity contribution in [1.29, 1.82) is 0 Å². The van der Waals surface area contributed by atoms with Crippen LogP contribution in [-0.2, 0) is 9.53 Å². The Labute approximate surface area is 97.3 Å². The maximum absolute atomic E-state index is 10.7. The number of nitrogens with zero attached hydrogens (tertiary/aromatic N) is 1. The van der Waals surface area contributed by atoms with Gasteiger partial charge in [0.15, 0.2) is 5.76 Å². The van der Waals surface area contributed by atoms with Gasteiger partial charge >= 0.3 is 12.0 Å². The number of allylic oxidation sites excluding steroid dienone is 2. The number of esters is 1. The molecule has 0 aromatic carbocycles. The number of aliphatic hydroxyl groups excluding tert-OH is 1. The zero-order chi connectivity index (χ0) is 12.8. The Balaban J connectivity index is 2.91. The standard InChI is InChI=1S/C11H10NO5/c1-8(14)17-11(7-13)6-9-2-4-10(5-3-9)12(15)16/h2-5,13H,7H2,1H3. The highest BCUT2D eigenvalue weighted by Crippen LogP contribution is 2.15. The second-order valence-corrected chi connectivity index (χ2v) is 3.10. The van der Waals surface area contributed by atoms with E-state index in [-0.39, 0.29) is 11.8 Å². The summed E-state index contributed by atoms with van der Waals surface area (Å²) in [6.07, 6.45) is 5.48. The van der Waals surface area contributed by atoms with Gasteiger partial charge in [0.2, 0.25) is 0 Å². The van der Waals surface area contributed by atoms with Crippen LogP contribution in [0.1, 0.15) is 6.92 Å². The molecule has 1 aliphatic carbocycles. The molecule has 0 aromatic rings. The lowest BCUT2D eigenvalue weighted by molar-refractivity contribution is -0.448. The minimum absolute atomic E-state index is 0.0358. The molecular weight excluding hydrogens is 226 g/mol. The van der Waals surface area contributed by atoms with E-state index in [0.29, 0.717) is 5.57 Å². The molecule has 0 aliphatic heterocycles. The third-order valence-electron chi connectivity index (χ3n) is 1.77. The summed E-state index contributed by atoms with van der Waals surface area (Å²) in [5.74, 6) is -0.602. The number of nitro groups is 1. The Bertz CT molecular complexity index is 438. The quantitative estimate of drug-likeness (QED) is 0.258. The zero-order valence-corrected chi connectivity index (χ0v) is 9.04. The van der Waals surface area contributed by atoms with E-state index in [1.54, 1.807) is 0 Å². The molecule has 0 saturated heterocycles. The SMILES string of the molecule is CC(=O)OC(=C=C1C=C[C]([N+](=O)[O-])C=C1)CO. The van der Waals surface area contributed by atoms with E-state index in [0.717, 1.165) is 0 Å². The van der Waals surface area contributed by atoms with Gasteiger partial charge in [0.05, 0.1) is 0 Å². The molecule has 0 fully saturated rings. The Kier molecular flexibility index (Phi) is 4.39. The van der Waals surface area contributed by atoms with Crippen LogP contribution in [0.5, 0.6) is 0 Å². The van der Waals surface area contributed by atoms with Crippen molar-refractivity contribution in [2.24, 2.45) is 0 Å². The maximum atomic E-state index is 10.7. The van der Waals surface area contributed by atoms with E-state index in [2.05, 4.69) is 10.5 Å². The van der Waals surface area contributed by atoms with Gasteiger partial charge in [-0.3, -0.25) is 14.9 Å². The van der Waals surface area contributed by atoms with Crippen LogP contribution >= 0.6 is 0 Å². The number of hydrogen-bond donors (Lipinski definition) is 1. The van der Waals surface area contributed by atoms with Gasteiger partial charge in [-0.05, 0) is 12.2 Å². The van der Waals surface area contributed by atoms with Crippen molar-refractivity contribution in [1.82, 2.24) is 0 Å². The van der Waals surface area contributed by atoms with E-state index >= 15 is 0 Å². The first kappa shape index (κ1) is 12.9. The minimum Gasteiger partial charge on any atom is -0.420 e. The molecule has 89 valence electrons. The summed E-state index contributed by atoms with van der Waals surface area (Å²) in [4.78, 5) is 20.5. The molecule has 0 saturated carbocycles. The van der Waals surface area contributed by atoms with Crippen molar-refractivity contribution < 1.29 is 19.6 Å². The predicted octanol–water partition coefficient (Wildman–Crippen LogP) is 0.886. The minimum atomic E-state index is -0.566. The molecule has 0 amide bonds. The number of rotatable bonds is 3. The first-order chi connectivity index (χ1) is 8.02. The third kappa shape index (κ3) is 4.06. The number of ether oxygens (including phenoxy) is 1. The monoisotopic (exact) mass is 236 g/mol. The first-order valence-electron chi connectivity index (χ1n) is 4.69. The predicted molar refractivity (Wildman–Crippen MR) is 57.9 cm³/mol. The lowest BCUT2D eigenvalue weighted by Crippen LogP contribution is -2.06. The first-order valence-corrected chi connectivity index (χ1v) is 4.69. The molecule has 6 heteroatoms. The lowest BCUT2D eigenvalue weighted by atomic mass is 10.1. The highest BCUT2D eigenvalue weighted by Gasteiger charge is 2.17. The Morgan fingerprint density at radius 2 is 2.06 bits per heavy atom. The van der Waals surface area contributed by atoms with Crippen LogP contribution in [0.15, 0.2) is 41.4 Å². The van der Waals surface area contributed by atoms with Crippen LogP contribution in [0.25, 0.3) is 0 Å². The maximum Gasteiger partial charge on any atom is 0.335 e. The summed E-state index contributed by atoms with van der Waals surface area (Å²) in [7, 11) is 0. The smallest absolute Gasteiger partial charge is 0.335 e. The molecule has 1 N–H and O–H groups in total. The fourth-order valence-corrected chi connectivity index (χ4v) is 1.10. The highest BCUT2D eigenvalue weighted by atomic mass is 16.6. The second kappa shape index (κ2) is 5.79. The van der Waals surface area contributed by atoms with Crippen molar-refractivity contribution >= 4 is 5.97 Å². The number of hydrogen-bond acceptors (Lipinski definition) is 5. The fourth-order valence-electron chi connectivity index (χ4n) is 1.10. The topological polar surface area (TPSA) is 89.7 Å². The van der Waals surface area contributed by atoms with Crippen molar-refractivity contribution in [3.8, 4) is 0 Å². The van der Waals surface area contributed by atoms with Gasteiger partial charge in [-0.15, -0.1) is 0 Å². The van der Waals surface area contributed by atoms with Gasteiger partial charge in [-0.1, -0.05) is 5.73 Å². The van der Waals surface area contributed by atoms with Gasteiger partial charge in [0.25, 0.3) is 0 Å². The average Bonchev–Trinajstić information content (AvgIpc) is 2.28. The Morgan fingerprint density at radius 1 is 1.47 bits per heavy atom. The highest BCUT2D eigenvalue weighted by molar-refractivity contribution is 5.67. The van der Waals surface area contributed by atoms with E-state index in [4.69, 9.17) is 5.11 Å². The molecular formula is C11H10NO5. The molecule has 1 radical (unpaired) electrons. The fraction of sp³-hybridized carbons (Fsp3) is 0.182. The molecule has 0 heterocycles. The summed E-state index contributed by atoms with van der Waals surface area (Å²) < 4.78 is 4.66. The molecule has 1 aliphatic rings. The van der Waals surface area contributed by atoms with Gasteiger partial charge < -0.3 is 9.84 Å². The largest absolute Gasteiger partial charge is 0.420 e. The Hall–Kier alpha value is -2.17. The number of carbonyl (C=O) groups is 1. The van der Waals surface area contributed by atoms with Crippen molar-refractivity contribution in [2.45, 2.75) is 6.92 Å². The van der Waals surface area contributed by atoms with Gasteiger partial charge in [-0.25, -0.2) is 0 Å². The summed E-state index contributed by atoms with van der Waals surface area (Å²) in [6, 6.07) is -0.0476. The van der Waals surface area contributed by atoms with Crippen LogP contribution in [0.4, 0.5) is 0 Å². The van der Waals surface area contributed by atoms with E-state index in [9.17, 15) is 14.9 Å². The van der Waals surface area contributed by atoms with Gasteiger partial charge in [-0.2, -0.15) is 0 Å². The number of carbonyl (C=O) groups excluding carboxylic acids is 1. The molecule has 1 rings (SSSR count). The van der Waals surface area contributed by atoms with Crippen molar-refractivity contribution in [2.75, 3.05) is 6.61 Å². The summed E-state index contributed by atoms with van der Waals surface area (Å²) >= 11 is 0. The lowest BCUT2D eigenvalue weighted by Gasteiger charge is -2.02. The van der Waals surface area contributed by atoms with Crippen molar-refractivity contribution in [3.05, 3.63) is 57.5 Å². The van der Waals surface area contributed by atoms with Crippen LogP contribution in [0.2, 0.25) is 0 Å². The Morgan fingerprint density at radius 3 is 2.47 bits per heavy atom.